The highest BCUT2D eigenvalue weighted by atomic mass is 19.4. The summed E-state index contributed by atoms with van der Waals surface area (Å²) in [5.41, 5.74) is 6.94. The number of imidazole rings is 1. The van der Waals surface area contributed by atoms with Gasteiger partial charge in [0.25, 0.3) is 0 Å². The summed E-state index contributed by atoms with van der Waals surface area (Å²) in [7, 11) is 0. The summed E-state index contributed by atoms with van der Waals surface area (Å²) in [6.07, 6.45) is -4.20. The van der Waals surface area contributed by atoms with Crippen LogP contribution in [-0.2, 0) is 6.54 Å². The lowest BCUT2D eigenvalue weighted by Gasteiger charge is -2.10. The zero-order valence-corrected chi connectivity index (χ0v) is 15.8. The molecule has 0 bridgehead atoms. The smallest absolute Gasteiger partial charge is 0.342 e. The maximum Gasteiger partial charge on any atom is 0.401 e. The summed E-state index contributed by atoms with van der Waals surface area (Å²) in [6.45, 7) is 1.11. The van der Waals surface area contributed by atoms with Crippen LogP contribution in [0, 0.1) is 6.92 Å². The first kappa shape index (κ1) is 19.2. The Morgan fingerprint density at radius 3 is 2.21 bits per heavy atom. The Hall–Kier alpha value is -3.12. The summed E-state index contributed by atoms with van der Waals surface area (Å²) >= 11 is 0. The second-order valence-corrected chi connectivity index (χ2v) is 7.05. The monoisotopic (exact) mass is 395 g/mol. The van der Waals surface area contributed by atoms with E-state index in [9.17, 15) is 13.2 Å². The number of benzene rings is 3. The molecule has 0 aliphatic carbocycles. The number of halogens is 3. The third-order valence-corrected chi connectivity index (χ3v) is 4.73. The van der Waals surface area contributed by atoms with E-state index < -0.39 is 12.7 Å². The predicted octanol–water partition coefficient (Wildman–Crippen LogP) is 5.86. The Balaban J connectivity index is 1.52. The van der Waals surface area contributed by atoms with Crippen LogP contribution >= 0.6 is 0 Å². The summed E-state index contributed by atoms with van der Waals surface area (Å²) in [4.78, 5) is 7.67. The molecule has 2 N–H and O–H groups in total. The van der Waals surface area contributed by atoms with E-state index in [-0.39, 0.29) is 6.54 Å². The van der Waals surface area contributed by atoms with Gasteiger partial charge >= 0.3 is 6.18 Å². The van der Waals surface area contributed by atoms with Crippen molar-refractivity contribution < 1.29 is 13.2 Å². The molecule has 0 aliphatic heterocycles. The van der Waals surface area contributed by atoms with Crippen LogP contribution in [0.2, 0.25) is 0 Å². The van der Waals surface area contributed by atoms with E-state index in [1.165, 1.54) is 0 Å². The zero-order valence-electron chi connectivity index (χ0n) is 15.8. The van der Waals surface area contributed by atoms with Crippen molar-refractivity contribution in [3.63, 3.8) is 0 Å². The molecule has 0 atom stereocenters. The number of nitrogens with zero attached hydrogens (tertiary/aromatic N) is 1. The molecule has 1 heterocycles. The van der Waals surface area contributed by atoms with Crippen molar-refractivity contribution in [3.05, 3.63) is 78.1 Å². The van der Waals surface area contributed by atoms with Crippen molar-refractivity contribution in [2.24, 2.45) is 0 Å². The van der Waals surface area contributed by atoms with Gasteiger partial charge in [-0.25, -0.2) is 4.98 Å². The van der Waals surface area contributed by atoms with Crippen LogP contribution in [0.1, 0.15) is 11.4 Å². The minimum atomic E-state index is -4.20. The van der Waals surface area contributed by atoms with Crippen LogP contribution in [0.4, 0.5) is 13.2 Å². The first-order chi connectivity index (χ1) is 13.9. The lowest BCUT2D eigenvalue weighted by atomic mass is 9.99. The van der Waals surface area contributed by atoms with E-state index in [1.54, 1.807) is 0 Å². The largest absolute Gasteiger partial charge is 0.401 e. The van der Waals surface area contributed by atoms with Crippen molar-refractivity contribution in [2.75, 3.05) is 6.54 Å². The number of hydrogen-bond donors (Lipinski definition) is 2. The van der Waals surface area contributed by atoms with Gasteiger partial charge in [-0.15, -0.1) is 0 Å². The lowest BCUT2D eigenvalue weighted by molar-refractivity contribution is -0.125. The van der Waals surface area contributed by atoms with Crippen LogP contribution in [0.3, 0.4) is 0 Å². The molecular formula is C23H20F3N3. The van der Waals surface area contributed by atoms with E-state index in [0.717, 1.165) is 44.7 Å². The highest BCUT2D eigenvalue weighted by Gasteiger charge is 2.26. The van der Waals surface area contributed by atoms with Gasteiger partial charge in [0.05, 0.1) is 17.6 Å². The normalized spacial score (nSPS) is 11.9. The van der Waals surface area contributed by atoms with E-state index in [4.69, 9.17) is 0 Å². The molecule has 4 aromatic rings. The molecule has 0 radical (unpaired) electrons. The third-order valence-electron chi connectivity index (χ3n) is 4.73. The molecule has 0 fully saturated rings. The number of H-pyrrole nitrogens is 1. The molecule has 0 saturated carbocycles. The predicted molar refractivity (Wildman–Crippen MR) is 109 cm³/mol. The van der Waals surface area contributed by atoms with Crippen LogP contribution in [0.25, 0.3) is 33.3 Å². The molecule has 0 aliphatic rings. The van der Waals surface area contributed by atoms with E-state index in [1.807, 2.05) is 67.6 Å². The van der Waals surface area contributed by atoms with Crippen LogP contribution < -0.4 is 5.32 Å². The molecule has 29 heavy (non-hydrogen) atoms. The number of hydrogen-bond acceptors (Lipinski definition) is 2. The number of aromatic amines is 1. The topological polar surface area (TPSA) is 40.7 Å². The van der Waals surface area contributed by atoms with Crippen LogP contribution in [0.5, 0.6) is 0 Å². The minimum absolute atomic E-state index is 0.176. The summed E-state index contributed by atoms with van der Waals surface area (Å²) in [5, 5.41) is 2.43. The Labute approximate surface area is 166 Å². The molecule has 0 spiro atoms. The molecule has 0 amide bonds. The SMILES string of the molecule is Cc1nc2ccc(-c3ccc(-c4cccc(CNCC(F)(F)F)c4)cc3)cc2[nH]1. The first-order valence-electron chi connectivity index (χ1n) is 9.31. The quantitative estimate of drug-likeness (QED) is 0.445. The van der Waals surface area contributed by atoms with Gasteiger partial charge in [0, 0.05) is 6.54 Å². The molecular weight excluding hydrogens is 375 g/mol. The fraction of sp³-hybridized carbons (Fsp3) is 0.174. The van der Waals surface area contributed by atoms with Gasteiger partial charge in [-0.1, -0.05) is 48.5 Å². The molecule has 6 heteroatoms. The van der Waals surface area contributed by atoms with Gasteiger partial charge in [-0.05, 0) is 52.9 Å². The Morgan fingerprint density at radius 1 is 0.862 bits per heavy atom. The molecule has 0 saturated heterocycles. The van der Waals surface area contributed by atoms with Crippen molar-refractivity contribution >= 4 is 11.0 Å². The summed E-state index contributed by atoms with van der Waals surface area (Å²) in [5.74, 6) is 0.886. The molecule has 4 rings (SSSR count). The number of aryl methyl sites for hydroxylation is 1. The van der Waals surface area contributed by atoms with Gasteiger partial charge in [0.2, 0.25) is 0 Å². The number of nitrogens with one attached hydrogen (secondary N) is 2. The van der Waals surface area contributed by atoms with Crippen molar-refractivity contribution in [1.29, 1.82) is 0 Å². The fourth-order valence-electron chi connectivity index (χ4n) is 3.38. The number of fused-ring (bicyclic) bond motifs is 1. The van der Waals surface area contributed by atoms with Gasteiger partial charge < -0.3 is 10.3 Å². The van der Waals surface area contributed by atoms with Crippen LogP contribution in [-0.4, -0.2) is 22.7 Å². The number of rotatable bonds is 5. The first-order valence-corrected chi connectivity index (χ1v) is 9.31. The van der Waals surface area contributed by atoms with Crippen LogP contribution in [0.15, 0.2) is 66.7 Å². The standard InChI is InChI=1S/C23H20F3N3/c1-15-28-21-10-9-20(12-22(21)29-15)18-7-5-17(6-8-18)19-4-2-3-16(11-19)13-27-14-23(24,25)26/h2-12,27H,13-14H2,1H3,(H,28,29). The van der Waals surface area contributed by atoms with E-state index in [2.05, 4.69) is 21.4 Å². The second kappa shape index (κ2) is 7.72. The third kappa shape index (κ3) is 4.66. The molecule has 3 aromatic carbocycles. The van der Waals surface area contributed by atoms with Crippen molar-refractivity contribution in [3.8, 4) is 22.3 Å². The van der Waals surface area contributed by atoms with E-state index in [0.29, 0.717) is 0 Å². The highest BCUT2D eigenvalue weighted by Crippen LogP contribution is 2.27. The number of alkyl halides is 3. The van der Waals surface area contributed by atoms with E-state index >= 15 is 0 Å². The maximum atomic E-state index is 12.3. The summed E-state index contributed by atoms with van der Waals surface area (Å²) in [6, 6.07) is 21.8. The Morgan fingerprint density at radius 2 is 1.52 bits per heavy atom. The van der Waals surface area contributed by atoms with Crippen molar-refractivity contribution in [1.82, 2.24) is 15.3 Å². The number of aromatic nitrogens is 2. The highest BCUT2D eigenvalue weighted by molar-refractivity contribution is 5.82. The summed E-state index contributed by atoms with van der Waals surface area (Å²) < 4.78 is 36.9. The average molecular weight is 395 g/mol. The van der Waals surface area contributed by atoms with Gasteiger partial charge in [-0.2, -0.15) is 13.2 Å². The Bertz CT molecular complexity index is 1130. The van der Waals surface area contributed by atoms with Gasteiger partial charge in [-0.3, -0.25) is 0 Å². The molecule has 148 valence electrons. The Kier molecular flexibility index (Phi) is 5.11. The lowest BCUT2D eigenvalue weighted by Crippen LogP contribution is -2.28. The molecule has 0 unspecified atom stereocenters. The zero-order chi connectivity index (χ0) is 20.4. The average Bonchev–Trinajstić information content (AvgIpc) is 3.06. The second-order valence-electron chi connectivity index (χ2n) is 7.05. The maximum absolute atomic E-state index is 12.3. The molecule has 3 nitrogen and oxygen atoms in total. The van der Waals surface area contributed by atoms with Gasteiger partial charge in [0.15, 0.2) is 0 Å². The van der Waals surface area contributed by atoms with Gasteiger partial charge in [0.1, 0.15) is 5.82 Å². The molecule has 1 aromatic heterocycles. The van der Waals surface area contributed by atoms with Crippen molar-refractivity contribution in [2.45, 2.75) is 19.6 Å². The minimum Gasteiger partial charge on any atom is -0.342 e. The fourth-order valence-corrected chi connectivity index (χ4v) is 3.38.